The van der Waals surface area contributed by atoms with Gasteiger partial charge < -0.3 is 11.1 Å². The molecule has 0 radical (unpaired) electrons. The van der Waals surface area contributed by atoms with Crippen molar-refractivity contribution in [2.45, 2.75) is 26.8 Å². The average molecular weight is 285 g/mol. The minimum atomic E-state index is -0.0887. The Labute approximate surface area is 105 Å². The van der Waals surface area contributed by atoms with Crippen molar-refractivity contribution in [2.75, 3.05) is 5.73 Å². The summed E-state index contributed by atoms with van der Waals surface area (Å²) in [6.07, 6.45) is 0. The summed E-state index contributed by atoms with van der Waals surface area (Å²) in [6, 6.07) is 5.35. The van der Waals surface area contributed by atoms with Gasteiger partial charge in [-0.15, -0.1) is 0 Å². The lowest BCUT2D eigenvalue weighted by atomic mass is 10.1. The van der Waals surface area contributed by atoms with Gasteiger partial charge in [0, 0.05) is 21.8 Å². The maximum absolute atomic E-state index is 11.9. The van der Waals surface area contributed by atoms with E-state index in [4.69, 9.17) is 5.73 Å². The monoisotopic (exact) mass is 284 g/mol. The molecule has 16 heavy (non-hydrogen) atoms. The van der Waals surface area contributed by atoms with Crippen molar-refractivity contribution in [3.8, 4) is 0 Å². The lowest BCUT2D eigenvalue weighted by Gasteiger charge is -2.17. The molecule has 1 aromatic rings. The zero-order valence-corrected chi connectivity index (χ0v) is 11.3. The molecule has 1 unspecified atom stereocenters. The van der Waals surface area contributed by atoms with Gasteiger partial charge in [0.25, 0.3) is 5.91 Å². The Morgan fingerprint density at radius 3 is 2.44 bits per heavy atom. The summed E-state index contributed by atoms with van der Waals surface area (Å²) in [7, 11) is 0. The van der Waals surface area contributed by atoms with Gasteiger partial charge in [-0.25, -0.2) is 0 Å². The van der Waals surface area contributed by atoms with E-state index in [1.807, 2.05) is 6.92 Å². The van der Waals surface area contributed by atoms with E-state index in [2.05, 4.69) is 35.1 Å². The lowest BCUT2D eigenvalue weighted by molar-refractivity contribution is 0.0930. The number of hydrogen-bond acceptors (Lipinski definition) is 2. The third-order valence-corrected chi connectivity index (χ3v) is 3.00. The van der Waals surface area contributed by atoms with Crippen molar-refractivity contribution in [1.82, 2.24) is 5.32 Å². The van der Waals surface area contributed by atoms with Crippen LogP contribution >= 0.6 is 15.9 Å². The summed E-state index contributed by atoms with van der Waals surface area (Å²) < 4.78 is 0.815. The van der Waals surface area contributed by atoms with Gasteiger partial charge in [-0.1, -0.05) is 29.8 Å². The summed E-state index contributed by atoms with van der Waals surface area (Å²) in [5.41, 5.74) is 6.84. The fourth-order valence-electron chi connectivity index (χ4n) is 1.20. The van der Waals surface area contributed by atoms with Crippen LogP contribution in [0.2, 0.25) is 0 Å². The number of anilines is 1. The summed E-state index contributed by atoms with van der Waals surface area (Å²) >= 11 is 3.32. The predicted octanol–water partition coefficient (Wildman–Crippen LogP) is 2.81. The number of nitrogen functional groups attached to an aromatic ring is 1. The van der Waals surface area contributed by atoms with Gasteiger partial charge in [0.1, 0.15) is 0 Å². The average Bonchev–Trinajstić information content (AvgIpc) is 2.15. The van der Waals surface area contributed by atoms with E-state index in [1.165, 1.54) is 0 Å². The molecule has 0 fully saturated rings. The van der Waals surface area contributed by atoms with Gasteiger partial charge in [0.05, 0.1) is 0 Å². The molecular formula is C12H17BrN2O. The molecule has 1 aromatic carbocycles. The minimum absolute atomic E-state index is 0.0887. The Kier molecular flexibility index (Phi) is 4.35. The maximum Gasteiger partial charge on any atom is 0.251 e. The fourth-order valence-corrected chi connectivity index (χ4v) is 1.71. The highest BCUT2D eigenvalue weighted by Gasteiger charge is 2.13. The minimum Gasteiger partial charge on any atom is -0.399 e. The smallest absolute Gasteiger partial charge is 0.251 e. The number of halogens is 1. The Morgan fingerprint density at radius 1 is 1.31 bits per heavy atom. The van der Waals surface area contributed by atoms with Crippen molar-refractivity contribution in [2.24, 2.45) is 5.92 Å². The van der Waals surface area contributed by atoms with Gasteiger partial charge in [-0.2, -0.15) is 0 Å². The molecule has 1 rings (SSSR count). The second-order valence-electron chi connectivity index (χ2n) is 4.28. The van der Waals surface area contributed by atoms with Crippen LogP contribution in [0.1, 0.15) is 31.1 Å². The van der Waals surface area contributed by atoms with Gasteiger partial charge in [-0.3, -0.25) is 4.79 Å². The van der Waals surface area contributed by atoms with Crippen molar-refractivity contribution in [3.05, 3.63) is 28.2 Å². The fraction of sp³-hybridized carbons (Fsp3) is 0.417. The van der Waals surface area contributed by atoms with Crippen LogP contribution in [0.15, 0.2) is 22.7 Å². The molecule has 1 atom stereocenters. The van der Waals surface area contributed by atoms with E-state index in [1.54, 1.807) is 18.2 Å². The quantitative estimate of drug-likeness (QED) is 0.839. The number of amides is 1. The molecular weight excluding hydrogens is 268 g/mol. The van der Waals surface area contributed by atoms with Crippen molar-refractivity contribution in [3.63, 3.8) is 0 Å². The van der Waals surface area contributed by atoms with Gasteiger partial charge in [0.2, 0.25) is 0 Å². The predicted molar refractivity (Wildman–Crippen MR) is 70.3 cm³/mol. The van der Waals surface area contributed by atoms with E-state index in [9.17, 15) is 4.79 Å². The number of benzene rings is 1. The Bertz CT molecular complexity index is 370. The number of carbonyl (C=O) groups excluding carboxylic acids is 1. The van der Waals surface area contributed by atoms with Gasteiger partial charge in [-0.05, 0) is 31.0 Å². The summed E-state index contributed by atoms with van der Waals surface area (Å²) in [5, 5.41) is 2.93. The molecule has 0 saturated heterocycles. The SMILES string of the molecule is CC(C)C(C)NC(=O)c1cc(N)cc(Br)c1. The van der Waals surface area contributed by atoms with Crippen LogP contribution in [0.4, 0.5) is 5.69 Å². The summed E-state index contributed by atoms with van der Waals surface area (Å²) in [5.74, 6) is 0.322. The highest BCUT2D eigenvalue weighted by Crippen LogP contribution is 2.17. The van der Waals surface area contributed by atoms with Crippen LogP contribution in [-0.2, 0) is 0 Å². The van der Waals surface area contributed by atoms with Crippen LogP contribution in [-0.4, -0.2) is 11.9 Å². The molecule has 0 aromatic heterocycles. The van der Waals surface area contributed by atoms with Crippen molar-refractivity contribution < 1.29 is 4.79 Å². The lowest BCUT2D eigenvalue weighted by Crippen LogP contribution is -2.36. The number of rotatable bonds is 3. The molecule has 88 valence electrons. The second kappa shape index (κ2) is 5.34. The first-order valence-electron chi connectivity index (χ1n) is 5.27. The number of carbonyl (C=O) groups is 1. The van der Waals surface area contributed by atoms with E-state index in [-0.39, 0.29) is 11.9 Å². The largest absolute Gasteiger partial charge is 0.399 e. The third-order valence-electron chi connectivity index (χ3n) is 2.54. The zero-order valence-electron chi connectivity index (χ0n) is 9.75. The molecule has 1 amide bonds. The maximum atomic E-state index is 11.9. The van der Waals surface area contributed by atoms with Gasteiger partial charge >= 0.3 is 0 Å². The van der Waals surface area contributed by atoms with Crippen molar-refractivity contribution in [1.29, 1.82) is 0 Å². The highest BCUT2D eigenvalue weighted by atomic mass is 79.9. The number of nitrogens with one attached hydrogen (secondary N) is 1. The first-order valence-corrected chi connectivity index (χ1v) is 6.06. The third kappa shape index (κ3) is 3.52. The van der Waals surface area contributed by atoms with Crippen LogP contribution in [0, 0.1) is 5.92 Å². The summed E-state index contributed by atoms with van der Waals surface area (Å²) in [4.78, 5) is 11.9. The van der Waals surface area contributed by atoms with Crippen LogP contribution in [0.3, 0.4) is 0 Å². The molecule has 0 saturated carbocycles. The Hall–Kier alpha value is -1.03. The molecule has 4 heteroatoms. The zero-order chi connectivity index (χ0) is 12.3. The summed E-state index contributed by atoms with van der Waals surface area (Å²) in [6.45, 7) is 6.13. The molecule has 0 aliphatic rings. The highest BCUT2D eigenvalue weighted by molar-refractivity contribution is 9.10. The van der Waals surface area contributed by atoms with E-state index in [0.717, 1.165) is 4.47 Å². The van der Waals surface area contributed by atoms with Crippen molar-refractivity contribution >= 4 is 27.5 Å². The molecule has 0 aliphatic carbocycles. The van der Waals surface area contributed by atoms with Crippen LogP contribution < -0.4 is 11.1 Å². The topological polar surface area (TPSA) is 55.1 Å². The first-order chi connectivity index (χ1) is 7.40. The number of nitrogens with two attached hydrogens (primary N) is 1. The van der Waals surface area contributed by atoms with E-state index < -0.39 is 0 Å². The molecule has 0 heterocycles. The number of hydrogen-bond donors (Lipinski definition) is 2. The Morgan fingerprint density at radius 2 is 1.94 bits per heavy atom. The molecule has 0 bridgehead atoms. The molecule has 0 spiro atoms. The molecule has 0 aliphatic heterocycles. The van der Waals surface area contributed by atoms with Crippen LogP contribution in [0.25, 0.3) is 0 Å². The Balaban J connectivity index is 2.80. The molecule has 3 N–H and O–H groups in total. The second-order valence-corrected chi connectivity index (χ2v) is 5.20. The van der Waals surface area contributed by atoms with Gasteiger partial charge in [0.15, 0.2) is 0 Å². The van der Waals surface area contributed by atoms with E-state index >= 15 is 0 Å². The molecule has 3 nitrogen and oxygen atoms in total. The normalized spacial score (nSPS) is 12.6. The van der Waals surface area contributed by atoms with Crippen LogP contribution in [0.5, 0.6) is 0 Å². The first kappa shape index (κ1) is 13.0. The van der Waals surface area contributed by atoms with E-state index in [0.29, 0.717) is 17.2 Å². The standard InChI is InChI=1S/C12H17BrN2O/c1-7(2)8(3)15-12(16)9-4-10(13)6-11(14)5-9/h4-8H,14H2,1-3H3,(H,15,16).